The van der Waals surface area contributed by atoms with Crippen LogP contribution in [0.4, 0.5) is 0 Å². The molecule has 88 valence electrons. The van der Waals surface area contributed by atoms with E-state index in [1.54, 1.807) is 7.11 Å². The summed E-state index contributed by atoms with van der Waals surface area (Å²) < 4.78 is 5.11. The monoisotopic (exact) mass is 231 g/mol. The van der Waals surface area contributed by atoms with Gasteiger partial charge in [0.1, 0.15) is 5.75 Å². The summed E-state index contributed by atoms with van der Waals surface area (Å²) in [5.74, 6) is 0.301. The van der Waals surface area contributed by atoms with Crippen LogP contribution in [0.1, 0.15) is 5.56 Å². The molecular formula is C13H13NO3. The third kappa shape index (κ3) is 2.53. The zero-order valence-electron chi connectivity index (χ0n) is 9.55. The van der Waals surface area contributed by atoms with E-state index in [1.807, 2.05) is 24.3 Å². The molecule has 0 saturated carbocycles. The summed E-state index contributed by atoms with van der Waals surface area (Å²) >= 11 is 0. The first-order valence-electron chi connectivity index (χ1n) is 5.37. The first-order valence-corrected chi connectivity index (χ1v) is 5.37. The third-order valence-corrected chi connectivity index (χ3v) is 2.66. The van der Waals surface area contributed by atoms with Crippen LogP contribution < -0.4 is 4.74 Å². The van der Waals surface area contributed by atoms with E-state index in [1.165, 1.54) is 17.1 Å². The second-order valence-electron chi connectivity index (χ2n) is 3.76. The van der Waals surface area contributed by atoms with Gasteiger partial charge in [0.05, 0.1) is 7.11 Å². The molecule has 0 N–H and O–H groups in total. The molecule has 4 nitrogen and oxygen atoms in total. The fourth-order valence-corrected chi connectivity index (χ4v) is 1.72. The number of ether oxygens (including phenoxy) is 1. The van der Waals surface area contributed by atoms with Crippen LogP contribution >= 0.6 is 0 Å². The average Bonchev–Trinajstić information content (AvgIpc) is 2.67. The topological polar surface area (TPSA) is 46.6 Å². The van der Waals surface area contributed by atoms with Gasteiger partial charge in [-0.15, -0.1) is 0 Å². The zero-order valence-corrected chi connectivity index (χ0v) is 9.55. The summed E-state index contributed by atoms with van der Waals surface area (Å²) in [7, 11) is 1.61. The molecule has 17 heavy (non-hydrogen) atoms. The van der Waals surface area contributed by atoms with E-state index in [0.29, 0.717) is 13.0 Å². The molecule has 0 saturated heterocycles. The van der Waals surface area contributed by atoms with Crippen LogP contribution in [0.5, 0.6) is 5.75 Å². The standard InChI is InChI=1S/C13H13NO3/c1-17-11-4-2-3-10(9-11)7-8-14-12(15)5-6-13(14)16/h2-6,9H,7-8H2,1H3. The molecule has 1 aliphatic rings. The lowest BCUT2D eigenvalue weighted by Crippen LogP contribution is -2.31. The lowest BCUT2D eigenvalue weighted by Gasteiger charge is -2.13. The van der Waals surface area contributed by atoms with Crippen molar-refractivity contribution in [1.82, 2.24) is 4.90 Å². The molecule has 0 fully saturated rings. The van der Waals surface area contributed by atoms with Gasteiger partial charge in [-0.3, -0.25) is 14.5 Å². The van der Waals surface area contributed by atoms with Gasteiger partial charge in [0, 0.05) is 18.7 Å². The number of amides is 2. The van der Waals surface area contributed by atoms with Crippen LogP contribution in [-0.4, -0.2) is 30.4 Å². The molecule has 1 heterocycles. The Kier molecular flexibility index (Phi) is 3.23. The number of imide groups is 1. The number of rotatable bonds is 4. The minimum Gasteiger partial charge on any atom is -0.497 e. The molecule has 1 aromatic carbocycles. The number of hydrogen-bond acceptors (Lipinski definition) is 3. The maximum Gasteiger partial charge on any atom is 0.253 e. The Balaban J connectivity index is 1.98. The highest BCUT2D eigenvalue weighted by molar-refractivity contribution is 6.12. The second-order valence-corrected chi connectivity index (χ2v) is 3.76. The zero-order chi connectivity index (χ0) is 12.3. The number of hydrogen-bond donors (Lipinski definition) is 0. The molecule has 0 aromatic heterocycles. The maximum atomic E-state index is 11.3. The Bertz CT molecular complexity index is 461. The Morgan fingerprint density at radius 1 is 1.18 bits per heavy atom. The van der Waals surface area contributed by atoms with Gasteiger partial charge in [0.25, 0.3) is 11.8 Å². The molecule has 0 aliphatic carbocycles. The van der Waals surface area contributed by atoms with Gasteiger partial charge in [-0.1, -0.05) is 12.1 Å². The Hall–Kier alpha value is -2.10. The van der Waals surface area contributed by atoms with Crippen LogP contribution in [-0.2, 0) is 16.0 Å². The van der Waals surface area contributed by atoms with Crippen molar-refractivity contribution in [2.75, 3.05) is 13.7 Å². The van der Waals surface area contributed by atoms with Crippen LogP contribution in [0, 0.1) is 0 Å². The number of benzene rings is 1. The van der Waals surface area contributed by atoms with E-state index < -0.39 is 0 Å². The lowest BCUT2D eigenvalue weighted by molar-refractivity contribution is -0.136. The van der Waals surface area contributed by atoms with Gasteiger partial charge in [0.2, 0.25) is 0 Å². The number of nitrogens with zero attached hydrogens (tertiary/aromatic N) is 1. The first-order chi connectivity index (χ1) is 8.20. The van der Waals surface area contributed by atoms with Crippen molar-refractivity contribution in [3.63, 3.8) is 0 Å². The summed E-state index contributed by atoms with van der Waals surface area (Å²) in [6.07, 6.45) is 3.23. The average molecular weight is 231 g/mol. The molecular weight excluding hydrogens is 218 g/mol. The van der Waals surface area contributed by atoms with Crippen molar-refractivity contribution in [1.29, 1.82) is 0 Å². The smallest absolute Gasteiger partial charge is 0.253 e. The molecule has 0 radical (unpaired) electrons. The molecule has 2 rings (SSSR count). The van der Waals surface area contributed by atoms with Crippen molar-refractivity contribution in [2.24, 2.45) is 0 Å². The summed E-state index contributed by atoms with van der Waals surface area (Å²) in [6, 6.07) is 7.59. The highest BCUT2D eigenvalue weighted by Crippen LogP contribution is 2.14. The number of methoxy groups -OCH3 is 1. The van der Waals surface area contributed by atoms with Crippen LogP contribution in [0.3, 0.4) is 0 Å². The Morgan fingerprint density at radius 3 is 2.53 bits per heavy atom. The van der Waals surface area contributed by atoms with Gasteiger partial charge in [-0.2, -0.15) is 0 Å². The van der Waals surface area contributed by atoms with Gasteiger partial charge >= 0.3 is 0 Å². The molecule has 0 unspecified atom stereocenters. The summed E-state index contributed by atoms with van der Waals surface area (Å²) in [6.45, 7) is 0.401. The molecule has 0 spiro atoms. The molecule has 1 aromatic rings. The largest absolute Gasteiger partial charge is 0.497 e. The molecule has 4 heteroatoms. The van der Waals surface area contributed by atoms with Crippen LogP contribution in [0.15, 0.2) is 36.4 Å². The van der Waals surface area contributed by atoms with Crippen molar-refractivity contribution < 1.29 is 14.3 Å². The van der Waals surface area contributed by atoms with Crippen molar-refractivity contribution >= 4 is 11.8 Å². The fourth-order valence-electron chi connectivity index (χ4n) is 1.72. The van der Waals surface area contributed by atoms with E-state index in [0.717, 1.165) is 11.3 Å². The van der Waals surface area contributed by atoms with E-state index in [9.17, 15) is 9.59 Å². The molecule has 2 amide bonds. The van der Waals surface area contributed by atoms with Crippen molar-refractivity contribution in [3.8, 4) is 5.75 Å². The third-order valence-electron chi connectivity index (χ3n) is 2.66. The van der Waals surface area contributed by atoms with Crippen LogP contribution in [0.2, 0.25) is 0 Å². The van der Waals surface area contributed by atoms with Gasteiger partial charge in [0.15, 0.2) is 0 Å². The SMILES string of the molecule is COc1cccc(CCN2C(=O)C=CC2=O)c1. The van der Waals surface area contributed by atoms with Crippen molar-refractivity contribution in [3.05, 3.63) is 42.0 Å². The van der Waals surface area contributed by atoms with E-state index in [4.69, 9.17) is 4.74 Å². The quantitative estimate of drug-likeness (QED) is 0.730. The summed E-state index contributed by atoms with van der Waals surface area (Å²) in [5.41, 5.74) is 1.04. The van der Waals surface area contributed by atoms with E-state index in [2.05, 4.69) is 0 Å². The van der Waals surface area contributed by atoms with Gasteiger partial charge < -0.3 is 4.74 Å². The first kappa shape index (κ1) is 11.4. The molecule has 0 atom stereocenters. The minimum absolute atomic E-state index is 0.238. The maximum absolute atomic E-state index is 11.3. The predicted molar refractivity (Wildman–Crippen MR) is 62.6 cm³/mol. The molecule has 1 aliphatic heterocycles. The lowest BCUT2D eigenvalue weighted by atomic mass is 10.1. The predicted octanol–water partition coefficient (Wildman–Crippen LogP) is 1.16. The molecule has 0 bridgehead atoms. The highest BCUT2D eigenvalue weighted by Gasteiger charge is 2.22. The van der Waals surface area contributed by atoms with Crippen LogP contribution in [0.25, 0.3) is 0 Å². The number of carbonyl (C=O) groups is 2. The Labute approximate surface area is 99.5 Å². The van der Waals surface area contributed by atoms with Gasteiger partial charge in [-0.05, 0) is 24.1 Å². The summed E-state index contributed by atoms with van der Waals surface area (Å²) in [5, 5.41) is 0. The Morgan fingerprint density at radius 2 is 1.88 bits per heavy atom. The summed E-state index contributed by atoms with van der Waals surface area (Å²) in [4.78, 5) is 23.9. The fraction of sp³-hybridized carbons (Fsp3) is 0.231. The van der Waals surface area contributed by atoms with E-state index >= 15 is 0 Å². The normalized spacial score (nSPS) is 14.5. The number of carbonyl (C=O) groups excluding carboxylic acids is 2. The highest BCUT2D eigenvalue weighted by atomic mass is 16.5. The van der Waals surface area contributed by atoms with Crippen molar-refractivity contribution in [2.45, 2.75) is 6.42 Å². The van der Waals surface area contributed by atoms with Gasteiger partial charge in [-0.25, -0.2) is 0 Å². The minimum atomic E-state index is -0.238. The van der Waals surface area contributed by atoms with E-state index in [-0.39, 0.29) is 11.8 Å². The second kappa shape index (κ2) is 4.82.